The van der Waals surface area contributed by atoms with Crippen molar-refractivity contribution in [2.24, 2.45) is 10.1 Å². The molecule has 0 amide bonds. The van der Waals surface area contributed by atoms with Crippen LogP contribution in [-0.2, 0) is 6.42 Å². The van der Waals surface area contributed by atoms with Crippen molar-refractivity contribution in [3.8, 4) is 22.4 Å². The van der Waals surface area contributed by atoms with Gasteiger partial charge in [-0.2, -0.15) is 5.10 Å². The highest BCUT2D eigenvalue weighted by Crippen LogP contribution is 2.25. The molecular weight excluding hydrogens is 436 g/mol. The van der Waals surface area contributed by atoms with Crippen LogP contribution in [0, 0.1) is 0 Å². The number of pyridine rings is 1. The summed E-state index contributed by atoms with van der Waals surface area (Å²) in [6, 6.07) is 35.2. The number of rotatable bonds is 7. The van der Waals surface area contributed by atoms with Gasteiger partial charge in [0.05, 0.1) is 17.6 Å². The van der Waals surface area contributed by atoms with E-state index in [4.69, 9.17) is 10.1 Å². The van der Waals surface area contributed by atoms with Crippen LogP contribution in [0.5, 0.6) is 0 Å². The minimum Gasteiger partial charge on any atom is -0.257 e. The van der Waals surface area contributed by atoms with Crippen LogP contribution < -0.4 is 4.80 Å². The van der Waals surface area contributed by atoms with Gasteiger partial charge in [-0.15, -0.1) is 11.3 Å². The predicted octanol–water partition coefficient (Wildman–Crippen LogP) is 6.30. The van der Waals surface area contributed by atoms with E-state index in [1.165, 1.54) is 16.7 Å². The summed E-state index contributed by atoms with van der Waals surface area (Å²) in [6.45, 7) is 0.704. The van der Waals surface area contributed by atoms with E-state index < -0.39 is 0 Å². The van der Waals surface area contributed by atoms with Gasteiger partial charge in [0.15, 0.2) is 0 Å². The first-order valence-electron chi connectivity index (χ1n) is 11.2. The Morgan fingerprint density at radius 3 is 2.15 bits per heavy atom. The minimum atomic E-state index is 0.704. The van der Waals surface area contributed by atoms with Crippen LogP contribution in [0.3, 0.4) is 0 Å². The maximum absolute atomic E-state index is 4.87. The molecule has 166 valence electrons. The third-order valence-electron chi connectivity index (χ3n) is 5.46. The van der Waals surface area contributed by atoms with Crippen molar-refractivity contribution in [2.75, 3.05) is 6.54 Å². The highest BCUT2D eigenvalue weighted by atomic mass is 32.1. The molecule has 4 nitrogen and oxygen atoms in total. The highest BCUT2D eigenvalue weighted by molar-refractivity contribution is 7.07. The standard InChI is InChI=1S/C29H24N4S/c1-3-9-23(10-4-1)18-20-31-29-33(32-21-27-13-7-8-19-30-27)28(22-34-29)26-16-14-25(15-17-26)24-11-5-2-6-12-24/h1-17,19,21-22H,18,20H2/b31-29?,32-21-. The van der Waals surface area contributed by atoms with Gasteiger partial charge in [-0.25, -0.2) is 4.68 Å². The summed E-state index contributed by atoms with van der Waals surface area (Å²) in [5.41, 5.74) is 6.59. The Balaban J connectivity index is 1.47. The van der Waals surface area contributed by atoms with Crippen LogP contribution in [0.15, 0.2) is 125 Å². The second-order valence-electron chi connectivity index (χ2n) is 7.78. The zero-order valence-corrected chi connectivity index (χ0v) is 19.5. The van der Waals surface area contributed by atoms with E-state index in [0.29, 0.717) is 6.54 Å². The van der Waals surface area contributed by atoms with Crippen molar-refractivity contribution in [1.82, 2.24) is 9.66 Å². The maximum atomic E-state index is 4.87. The fraction of sp³-hybridized carbons (Fsp3) is 0.0690. The summed E-state index contributed by atoms with van der Waals surface area (Å²) >= 11 is 1.60. The number of benzene rings is 3. The molecule has 5 rings (SSSR count). The summed E-state index contributed by atoms with van der Waals surface area (Å²) in [5.74, 6) is 0. The number of aromatic nitrogens is 2. The van der Waals surface area contributed by atoms with E-state index in [1.54, 1.807) is 23.7 Å². The highest BCUT2D eigenvalue weighted by Gasteiger charge is 2.08. The average molecular weight is 461 g/mol. The molecule has 0 saturated heterocycles. The molecule has 0 fully saturated rings. The molecule has 0 unspecified atom stereocenters. The smallest absolute Gasteiger partial charge is 0.206 e. The zero-order chi connectivity index (χ0) is 23.0. The quantitative estimate of drug-likeness (QED) is 0.263. The van der Waals surface area contributed by atoms with Crippen LogP contribution in [-0.4, -0.2) is 22.4 Å². The SMILES string of the molecule is C(=N/n1c(-c2ccc(-c3ccccc3)cc2)csc1=NCCc1ccccc1)/c1ccccn1. The lowest BCUT2D eigenvalue weighted by Gasteiger charge is -2.06. The Hall–Kier alpha value is -4.09. The van der Waals surface area contributed by atoms with E-state index in [2.05, 4.69) is 83.2 Å². The van der Waals surface area contributed by atoms with Crippen molar-refractivity contribution < 1.29 is 0 Å². The van der Waals surface area contributed by atoms with Gasteiger partial charge in [0, 0.05) is 23.7 Å². The van der Waals surface area contributed by atoms with Crippen molar-refractivity contribution >= 4 is 17.6 Å². The lowest BCUT2D eigenvalue weighted by atomic mass is 10.0. The first kappa shape index (κ1) is 21.7. The van der Waals surface area contributed by atoms with Gasteiger partial charge >= 0.3 is 0 Å². The van der Waals surface area contributed by atoms with E-state index in [-0.39, 0.29) is 0 Å². The second kappa shape index (κ2) is 10.7. The summed E-state index contributed by atoms with van der Waals surface area (Å²) in [7, 11) is 0. The van der Waals surface area contributed by atoms with Crippen molar-refractivity contribution in [2.45, 2.75) is 6.42 Å². The van der Waals surface area contributed by atoms with E-state index >= 15 is 0 Å². The molecule has 34 heavy (non-hydrogen) atoms. The molecule has 0 bridgehead atoms. The molecule has 0 radical (unpaired) electrons. The monoisotopic (exact) mass is 460 g/mol. The fourth-order valence-corrected chi connectivity index (χ4v) is 4.54. The lowest BCUT2D eigenvalue weighted by Crippen LogP contribution is -2.13. The summed E-state index contributed by atoms with van der Waals surface area (Å²) in [6.07, 6.45) is 4.45. The third-order valence-corrected chi connectivity index (χ3v) is 6.31. The molecule has 5 heteroatoms. The van der Waals surface area contributed by atoms with Gasteiger partial charge < -0.3 is 0 Å². The van der Waals surface area contributed by atoms with E-state index in [9.17, 15) is 0 Å². The van der Waals surface area contributed by atoms with Crippen LogP contribution in [0.1, 0.15) is 11.3 Å². The molecule has 0 aliphatic rings. The lowest BCUT2D eigenvalue weighted by molar-refractivity contribution is 0.816. The Bertz CT molecular complexity index is 1420. The maximum Gasteiger partial charge on any atom is 0.206 e. The number of hydrogen-bond donors (Lipinski definition) is 0. The molecule has 0 atom stereocenters. The zero-order valence-electron chi connectivity index (χ0n) is 18.7. The van der Waals surface area contributed by atoms with Crippen LogP contribution in [0.2, 0.25) is 0 Å². The summed E-state index contributed by atoms with van der Waals surface area (Å²) in [4.78, 5) is 10.1. The summed E-state index contributed by atoms with van der Waals surface area (Å²) in [5, 5.41) is 6.88. The Kier molecular flexibility index (Phi) is 6.83. The minimum absolute atomic E-state index is 0.704. The van der Waals surface area contributed by atoms with Crippen LogP contribution in [0.25, 0.3) is 22.4 Å². The molecule has 3 aromatic carbocycles. The van der Waals surface area contributed by atoms with Crippen LogP contribution in [0.4, 0.5) is 0 Å². The van der Waals surface area contributed by atoms with Crippen molar-refractivity contribution in [3.05, 3.63) is 131 Å². The van der Waals surface area contributed by atoms with Crippen molar-refractivity contribution in [3.63, 3.8) is 0 Å². The molecule has 0 spiro atoms. The topological polar surface area (TPSA) is 42.5 Å². The summed E-state index contributed by atoms with van der Waals surface area (Å²) < 4.78 is 1.92. The van der Waals surface area contributed by atoms with Gasteiger partial charge in [0.1, 0.15) is 0 Å². The average Bonchev–Trinajstić information content (AvgIpc) is 3.32. The van der Waals surface area contributed by atoms with Gasteiger partial charge in [0.2, 0.25) is 4.80 Å². The molecule has 0 aliphatic carbocycles. The van der Waals surface area contributed by atoms with Gasteiger partial charge in [-0.1, -0.05) is 91.0 Å². The predicted molar refractivity (Wildman–Crippen MR) is 141 cm³/mol. The Morgan fingerprint density at radius 2 is 1.41 bits per heavy atom. The van der Waals surface area contributed by atoms with E-state index in [1.807, 2.05) is 35.0 Å². The van der Waals surface area contributed by atoms with Gasteiger partial charge in [-0.3, -0.25) is 9.98 Å². The third kappa shape index (κ3) is 5.27. The Labute approximate surface area is 203 Å². The second-order valence-corrected chi connectivity index (χ2v) is 8.61. The largest absolute Gasteiger partial charge is 0.257 e. The normalized spacial score (nSPS) is 11.8. The molecule has 5 aromatic rings. The van der Waals surface area contributed by atoms with Crippen molar-refractivity contribution in [1.29, 1.82) is 0 Å². The molecule has 0 N–H and O–H groups in total. The Morgan fingerprint density at radius 1 is 0.735 bits per heavy atom. The van der Waals surface area contributed by atoms with Gasteiger partial charge in [0.25, 0.3) is 0 Å². The molecule has 2 aromatic heterocycles. The van der Waals surface area contributed by atoms with Crippen LogP contribution >= 0.6 is 11.3 Å². The molecular formula is C29H24N4S. The fourth-order valence-electron chi connectivity index (χ4n) is 3.68. The molecule has 0 saturated carbocycles. The number of nitrogens with zero attached hydrogens (tertiary/aromatic N) is 4. The van der Waals surface area contributed by atoms with Gasteiger partial charge in [-0.05, 0) is 35.2 Å². The number of thiazole rings is 1. The first-order valence-corrected chi connectivity index (χ1v) is 12.1. The molecule has 2 heterocycles. The first-order chi connectivity index (χ1) is 16.9. The molecule has 0 aliphatic heterocycles. The van der Waals surface area contributed by atoms with E-state index in [0.717, 1.165) is 28.2 Å². The number of hydrogen-bond acceptors (Lipinski definition) is 4.